The van der Waals surface area contributed by atoms with Crippen LogP contribution in [0, 0.1) is 0 Å². The Morgan fingerprint density at radius 2 is 1.93 bits per heavy atom. The van der Waals surface area contributed by atoms with Gasteiger partial charge in [0, 0.05) is 19.0 Å². The first kappa shape index (κ1) is 12.9. The van der Waals surface area contributed by atoms with Crippen LogP contribution < -0.4 is 0 Å². The summed E-state index contributed by atoms with van der Waals surface area (Å²) in [5, 5.41) is 10.1. The third kappa shape index (κ3) is 4.49. The summed E-state index contributed by atoms with van der Waals surface area (Å²) in [5.41, 5.74) is -0.693. The molecule has 1 fully saturated rings. The Kier molecular flexibility index (Phi) is 4.55. The van der Waals surface area contributed by atoms with Gasteiger partial charge in [0.2, 0.25) is 0 Å². The van der Waals surface area contributed by atoms with Crippen LogP contribution in [-0.4, -0.2) is 43.8 Å². The zero-order valence-electron chi connectivity index (χ0n) is 9.24. The van der Waals surface area contributed by atoms with E-state index in [4.69, 9.17) is 4.74 Å². The van der Waals surface area contributed by atoms with E-state index in [1.165, 1.54) is 0 Å². The molecule has 5 heteroatoms. The molecular weight excluding hydrogens is 216 g/mol. The summed E-state index contributed by atoms with van der Waals surface area (Å²) in [6.07, 6.45) is 2.36. The van der Waals surface area contributed by atoms with E-state index in [1.54, 1.807) is 6.92 Å². The smallest absolute Gasteiger partial charge is 0.150 e. The molecule has 90 valence electrons. The Morgan fingerprint density at radius 1 is 1.33 bits per heavy atom. The predicted octanol–water partition coefficient (Wildman–Crippen LogP) is 0.743. The lowest BCUT2D eigenvalue weighted by Gasteiger charge is -2.31. The molecule has 0 aromatic carbocycles. The second-order valence-corrected chi connectivity index (χ2v) is 6.65. The minimum atomic E-state index is -2.89. The molecule has 0 aromatic heterocycles. The van der Waals surface area contributed by atoms with Crippen LogP contribution in [0.3, 0.4) is 0 Å². The fourth-order valence-corrected chi connectivity index (χ4v) is 2.64. The Labute approximate surface area is 91.6 Å². The molecule has 0 radical (unpaired) electrons. The molecule has 0 atom stereocenters. The average molecular weight is 236 g/mol. The molecule has 0 bridgehead atoms. The molecule has 1 saturated heterocycles. The van der Waals surface area contributed by atoms with Gasteiger partial charge in [0.05, 0.1) is 11.4 Å². The minimum absolute atomic E-state index is 0.187. The first-order valence-corrected chi connectivity index (χ1v) is 7.30. The number of hydrogen-bond acceptors (Lipinski definition) is 4. The molecule has 0 amide bonds. The molecule has 1 heterocycles. The number of sulfone groups is 1. The first-order valence-electron chi connectivity index (χ1n) is 5.48. The maximum absolute atomic E-state index is 11.2. The Hall–Kier alpha value is -0.130. The van der Waals surface area contributed by atoms with Crippen LogP contribution in [0.5, 0.6) is 0 Å². The Balaban J connectivity index is 2.30. The van der Waals surface area contributed by atoms with Crippen molar-refractivity contribution >= 4 is 9.84 Å². The summed E-state index contributed by atoms with van der Waals surface area (Å²) in [5.74, 6) is 0.376. The topological polar surface area (TPSA) is 63.6 Å². The van der Waals surface area contributed by atoms with E-state index in [0.29, 0.717) is 38.9 Å². The van der Waals surface area contributed by atoms with Gasteiger partial charge < -0.3 is 9.84 Å². The molecule has 15 heavy (non-hydrogen) atoms. The number of rotatable bonds is 5. The standard InChI is InChI=1S/C10H20O4S/c1-2-15(12,13)9-3-4-10(11)5-7-14-8-6-10/h11H,2-9H2,1H3. The van der Waals surface area contributed by atoms with Crippen molar-refractivity contribution < 1.29 is 18.3 Å². The predicted molar refractivity (Wildman–Crippen MR) is 58.6 cm³/mol. The molecule has 1 rings (SSSR count). The van der Waals surface area contributed by atoms with Crippen LogP contribution in [-0.2, 0) is 14.6 Å². The Morgan fingerprint density at radius 3 is 2.47 bits per heavy atom. The van der Waals surface area contributed by atoms with Crippen molar-refractivity contribution in [1.82, 2.24) is 0 Å². The quantitative estimate of drug-likeness (QED) is 0.765. The Bertz CT molecular complexity index is 278. The van der Waals surface area contributed by atoms with Crippen LogP contribution in [0.1, 0.15) is 32.6 Å². The van der Waals surface area contributed by atoms with Crippen LogP contribution >= 0.6 is 0 Å². The monoisotopic (exact) mass is 236 g/mol. The number of aliphatic hydroxyl groups is 1. The summed E-state index contributed by atoms with van der Waals surface area (Å²) in [6, 6.07) is 0. The molecule has 4 nitrogen and oxygen atoms in total. The van der Waals surface area contributed by atoms with Crippen molar-refractivity contribution in [3.8, 4) is 0 Å². The maximum atomic E-state index is 11.2. The lowest BCUT2D eigenvalue weighted by Crippen LogP contribution is -2.36. The van der Waals surface area contributed by atoms with E-state index in [2.05, 4.69) is 0 Å². The highest BCUT2D eigenvalue weighted by atomic mass is 32.2. The zero-order valence-corrected chi connectivity index (χ0v) is 10.1. The van der Waals surface area contributed by atoms with Gasteiger partial charge in [0.1, 0.15) is 9.84 Å². The summed E-state index contributed by atoms with van der Waals surface area (Å²) in [4.78, 5) is 0. The highest BCUT2D eigenvalue weighted by Crippen LogP contribution is 2.25. The van der Waals surface area contributed by atoms with Crippen molar-refractivity contribution in [3.63, 3.8) is 0 Å². The summed E-state index contributed by atoms with van der Waals surface area (Å²) >= 11 is 0. The fourth-order valence-electron chi connectivity index (χ4n) is 1.77. The maximum Gasteiger partial charge on any atom is 0.150 e. The van der Waals surface area contributed by atoms with Crippen molar-refractivity contribution in [2.24, 2.45) is 0 Å². The molecule has 0 aliphatic carbocycles. The highest BCUT2D eigenvalue weighted by Gasteiger charge is 2.29. The molecule has 0 unspecified atom stereocenters. The molecule has 0 aromatic rings. The van der Waals surface area contributed by atoms with Gasteiger partial charge in [-0.2, -0.15) is 0 Å². The molecule has 1 N–H and O–H groups in total. The van der Waals surface area contributed by atoms with E-state index in [9.17, 15) is 13.5 Å². The highest BCUT2D eigenvalue weighted by molar-refractivity contribution is 7.91. The second-order valence-electron chi connectivity index (χ2n) is 4.18. The van der Waals surface area contributed by atoms with E-state index >= 15 is 0 Å². The first-order chi connectivity index (χ1) is 6.97. The molecule has 0 spiro atoms. The van der Waals surface area contributed by atoms with E-state index in [1.807, 2.05) is 0 Å². The van der Waals surface area contributed by atoms with Crippen LogP contribution in [0.2, 0.25) is 0 Å². The lowest BCUT2D eigenvalue weighted by molar-refractivity contribution is -0.0680. The van der Waals surface area contributed by atoms with Crippen LogP contribution in [0.15, 0.2) is 0 Å². The van der Waals surface area contributed by atoms with Gasteiger partial charge in [-0.1, -0.05) is 6.92 Å². The van der Waals surface area contributed by atoms with Crippen molar-refractivity contribution in [3.05, 3.63) is 0 Å². The van der Waals surface area contributed by atoms with Gasteiger partial charge >= 0.3 is 0 Å². The number of hydrogen-bond donors (Lipinski definition) is 1. The van der Waals surface area contributed by atoms with Gasteiger partial charge in [0.15, 0.2) is 0 Å². The van der Waals surface area contributed by atoms with Gasteiger partial charge in [-0.25, -0.2) is 8.42 Å². The summed E-state index contributed by atoms with van der Waals surface area (Å²) in [7, 11) is -2.89. The molecule has 1 aliphatic heterocycles. The fraction of sp³-hybridized carbons (Fsp3) is 1.00. The summed E-state index contributed by atoms with van der Waals surface area (Å²) < 4.78 is 27.6. The summed E-state index contributed by atoms with van der Waals surface area (Å²) in [6.45, 7) is 2.81. The third-order valence-electron chi connectivity index (χ3n) is 2.96. The van der Waals surface area contributed by atoms with Gasteiger partial charge in [-0.15, -0.1) is 0 Å². The number of ether oxygens (including phenoxy) is 1. The van der Waals surface area contributed by atoms with Gasteiger partial charge in [-0.05, 0) is 25.7 Å². The van der Waals surface area contributed by atoms with E-state index in [-0.39, 0.29) is 11.5 Å². The van der Waals surface area contributed by atoms with E-state index < -0.39 is 15.4 Å². The third-order valence-corrected chi connectivity index (χ3v) is 4.75. The largest absolute Gasteiger partial charge is 0.390 e. The van der Waals surface area contributed by atoms with Crippen molar-refractivity contribution in [2.75, 3.05) is 24.7 Å². The van der Waals surface area contributed by atoms with E-state index in [0.717, 1.165) is 0 Å². The minimum Gasteiger partial charge on any atom is -0.390 e. The lowest BCUT2D eigenvalue weighted by atomic mass is 9.90. The zero-order chi connectivity index (χ0) is 11.4. The van der Waals surface area contributed by atoms with Gasteiger partial charge in [0.25, 0.3) is 0 Å². The van der Waals surface area contributed by atoms with Gasteiger partial charge in [-0.3, -0.25) is 0 Å². The molecular formula is C10H20O4S. The molecule has 1 aliphatic rings. The van der Waals surface area contributed by atoms with Crippen LogP contribution in [0.25, 0.3) is 0 Å². The normalized spacial score (nSPS) is 21.5. The average Bonchev–Trinajstić information content (AvgIpc) is 2.18. The molecule has 0 saturated carbocycles. The second kappa shape index (κ2) is 5.27. The SMILES string of the molecule is CCS(=O)(=O)CCCC1(O)CCOCC1. The van der Waals surface area contributed by atoms with Crippen LogP contribution in [0.4, 0.5) is 0 Å². The van der Waals surface area contributed by atoms with Crippen molar-refractivity contribution in [1.29, 1.82) is 0 Å². The van der Waals surface area contributed by atoms with Crippen molar-refractivity contribution in [2.45, 2.75) is 38.2 Å².